The number of carbonyl (C=O) groups is 1. The van der Waals surface area contributed by atoms with E-state index in [9.17, 15) is 13.2 Å². The zero-order valence-corrected chi connectivity index (χ0v) is 18.3. The second-order valence-electron chi connectivity index (χ2n) is 6.31. The molecule has 0 heterocycles. The zero-order valence-electron chi connectivity index (χ0n) is 15.2. The molecule has 3 rings (SSSR count). The average Bonchev–Trinajstić information content (AvgIpc) is 2.70. The van der Waals surface area contributed by atoms with Gasteiger partial charge in [0.05, 0.1) is 4.90 Å². The van der Waals surface area contributed by atoms with Crippen molar-refractivity contribution in [3.05, 3.63) is 93.9 Å². The highest BCUT2D eigenvalue weighted by Crippen LogP contribution is 2.17. The van der Waals surface area contributed by atoms with Gasteiger partial charge in [0, 0.05) is 15.2 Å². The van der Waals surface area contributed by atoms with Crippen molar-refractivity contribution < 1.29 is 13.2 Å². The summed E-state index contributed by atoms with van der Waals surface area (Å²) in [6.07, 6.45) is 0.204. The average molecular weight is 494 g/mol. The largest absolute Gasteiger partial charge is 0.325 e. The quantitative estimate of drug-likeness (QED) is 0.504. The molecule has 0 bridgehead atoms. The number of sulfonamides is 1. The zero-order chi connectivity index (χ0) is 20.9. The van der Waals surface area contributed by atoms with Gasteiger partial charge in [-0.15, -0.1) is 0 Å². The summed E-state index contributed by atoms with van der Waals surface area (Å²) in [4.78, 5) is 13.0. The van der Waals surface area contributed by atoms with Gasteiger partial charge in [-0.05, 0) is 60.5 Å². The summed E-state index contributed by atoms with van der Waals surface area (Å²) in [6.45, 7) is 0. The van der Waals surface area contributed by atoms with Gasteiger partial charge < -0.3 is 5.32 Å². The molecule has 1 atom stereocenters. The Hall–Kier alpha value is -2.19. The molecule has 5 nitrogen and oxygen atoms in total. The van der Waals surface area contributed by atoms with E-state index >= 15 is 0 Å². The molecule has 29 heavy (non-hydrogen) atoms. The molecule has 0 aliphatic rings. The predicted octanol–water partition coefficient (Wildman–Crippen LogP) is 4.63. The minimum absolute atomic E-state index is 0.0815. The molecule has 8 heteroatoms. The van der Waals surface area contributed by atoms with Crippen molar-refractivity contribution in [3.8, 4) is 0 Å². The fourth-order valence-electron chi connectivity index (χ4n) is 2.67. The molecule has 0 saturated carbocycles. The number of carbonyl (C=O) groups excluding carboxylic acids is 1. The van der Waals surface area contributed by atoms with Crippen molar-refractivity contribution in [2.45, 2.75) is 17.4 Å². The van der Waals surface area contributed by atoms with Crippen LogP contribution in [0.25, 0.3) is 0 Å². The first-order chi connectivity index (χ1) is 13.8. The lowest BCUT2D eigenvalue weighted by molar-refractivity contribution is -0.117. The van der Waals surface area contributed by atoms with Crippen LogP contribution in [0.3, 0.4) is 0 Å². The van der Waals surface area contributed by atoms with Crippen LogP contribution in [-0.4, -0.2) is 20.4 Å². The summed E-state index contributed by atoms with van der Waals surface area (Å²) in [5.74, 6) is -0.461. The van der Waals surface area contributed by atoms with Gasteiger partial charge in [0.15, 0.2) is 0 Å². The van der Waals surface area contributed by atoms with Crippen molar-refractivity contribution in [2.24, 2.45) is 0 Å². The van der Waals surface area contributed by atoms with Crippen LogP contribution >= 0.6 is 27.5 Å². The highest BCUT2D eigenvalue weighted by atomic mass is 79.9. The Balaban J connectivity index is 1.84. The molecule has 0 aliphatic carbocycles. The van der Waals surface area contributed by atoms with E-state index in [0.717, 1.165) is 10.0 Å². The smallest absolute Gasteiger partial charge is 0.242 e. The molecule has 0 spiro atoms. The minimum atomic E-state index is -3.89. The molecule has 3 aromatic carbocycles. The Kier molecular flexibility index (Phi) is 7.08. The fourth-order valence-corrected chi connectivity index (χ4v) is 4.26. The summed E-state index contributed by atoms with van der Waals surface area (Å²) < 4.78 is 28.9. The predicted molar refractivity (Wildman–Crippen MR) is 118 cm³/mol. The van der Waals surface area contributed by atoms with E-state index in [1.165, 1.54) is 12.1 Å². The van der Waals surface area contributed by atoms with Crippen LogP contribution in [0.5, 0.6) is 0 Å². The van der Waals surface area contributed by atoms with E-state index in [1.54, 1.807) is 36.4 Å². The van der Waals surface area contributed by atoms with Crippen molar-refractivity contribution in [1.82, 2.24) is 4.72 Å². The van der Waals surface area contributed by atoms with E-state index in [4.69, 9.17) is 11.6 Å². The number of nitrogens with one attached hydrogen (secondary N) is 2. The van der Waals surface area contributed by atoms with Gasteiger partial charge in [-0.1, -0.05) is 57.9 Å². The summed E-state index contributed by atoms with van der Waals surface area (Å²) >= 11 is 9.16. The third-order valence-electron chi connectivity index (χ3n) is 4.13. The SMILES string of the molecule is O=C(Nc1ccc(Cl)cc1)[C@@H](Cc1ccccc1)NS(=O)(=O)c1ccc(Br)cc1. The molecule has 0 radical (unpaired) electrons. The minimum Gasteiger partial charge on any atom is -0.325 e. The highest BCUT2D eigenvalue weighted by Gasteiger charge is 2.26. The first-order valence-electron chi connectivity index (χ1n) is 8.72. The maximum Gasteiger partial charge on any atom is 0.242 e. The molecule has 0 fully saturated rings. The van der Waals surface area contributed by atoms with Crippen LogP contribution in [0.2, 0.25) is 5.02 Å². The second-order valence-corrected chi connectivity index (χ2v) is 9.38. The molecule has 3 aromatic rings. The maximum atomic E-state index is 12.9. The number of benzene rings is 3. The van der Waals surface area contributed by atoms with Crippen molar-refractivity contribution >= 4 is 49.1 Å². The third-order valence-corrected chi connectivity index (χ3v) is 6.40. The lowest BCUT2D eigenvalue weighted by Crippen LogP contribution is -2.45. The summed E-state index contributed by atoms with van der Waals surface area (Å²) in [5, 5.41) is 3.28. The van der Waals surface area contributed by atoms with Gasteiger partial charge in [-0.3, -0.25) is 4.79 Å². The monoisotopic (exact) mass is 492 g/mol. The van der Waals surface area contributed by atoms with Gasteiger partial charge in [-0.25, -0.2) is 8.42 Å². The van der Waals surface area contributed by atoms with E-state index in [-0.39, 0.29) is 11.3 Å². The van der Waals surface area contributed by atoms with Crippen LogP contribution < -0.4 is 10.0 Å². The summed E-state index contributed by atoms with van der Waals surface area (Å²) in [7, 11) is -3.89. The Morgan fingerprint density at radius 1 is 0.931 bits per heavy atom. The van der Waals surface area contributed by atoms with Crippen LogP contribution in [0.4, 0.5) is 5.69 Å². The maximum absolute atomic E-state index is 12.9. The molecule has 1 amide bonds. The van der Waals surface area contributed by atoms with Gasteiger partial charge in [-0.2, -0.15) is 4.72 Å². The van der Waals surface area contributed by atoms with Gasteiger partial charge in [0.25, 0.3) is 0 Å². The number of rotatable bonds is 7. The lowest BCUT2D eigenvalue weighted by atomic mass is 10.1. The van der Waals surface area contributed by atoms with Gasteiger partial charge in [0.2, 0.25) is 15.9 Å². The van der Waals surface area contributed by atoms with Crippen molar-refractivity contribution in [2.75, 3.05) is 5.32 Å². The number of amides is 1. The van der Waals surface area contributed by atoms with Crippen molar-refractivity contribution in [1.29, 1.82) is 0 Å². The first-order valence-corrected chi connectivity index (χ1v) is 11.4. The number of anilines is 1. The Bertz CT molecular complexity index is 1070. The van der Waals surface area contributed by atoms with Crippen LogP contribution in [0.1, 0.15) is 5.56 Å². The van der Waals surface area contributed by atoms with Gasteiger partial charge >= 0.3 is 0 Å². The topological polar surface area (TPSA) is 75.3 Å². The van der Waals surface area contributed by atoms with Crippen LogP contribution in [0, 0.1) is 0 Å². The fraction of sp³-hybridized carbons (Fsp3) is 0.0952. The Morgan fingerprint density at radius 3 is 2.17 bits per heavy atom. The molecule has 0 unspecified atom stereocenters. The molecule has 2 N–H and O–H groups in total. The van der Waals surface area contributed by atoms with E-state index in [1.807, 2.05) is 30.3 Å². The Labute approximate surface area is 183 Å². The molecule has 150 valence electrons. The van der Waals surface area contributed by atoms with E-state index < -0.39 is 22.0 Å². The summed E-state index contributed by atoms with van der Waals surface area (Å²) in [5.41, 5.74) is 1.36. The van der Waals surface area contributed by atoms with Crippen LogP contribution in [-0.2, 0) is 21.2 Å². The first kappa shape index (κ1) is 21.5. The van der Waals surface area contributed by atoms with Gasteiger partial charge in [0.1, 0.15) is 6.04 Å². The second kappa shape index (κ2) is 9.54. The van der Waals surface area contributed by atoms with E-state index in [0.29, 0.717) is 10.7 Å². The van der Waals surface area contributed by atoms with Crippen LogP contribution in [0.15, 0.2) is 88.2 Å². The standard InChI is InChI=1S/C21H18BrClN2O3S/c22-16-6-12-19(13-7-16)29(27,28)25-20(14-15-4-2-1-3-5-15)21(26)24-18-10-8-17(23)9-11-18/h1-13,20,25H,14H2,(H,24,26)/t20-/m1/s1. The molecular formula is C21H18BrClN2O3S. The number of hydrogen-bond donors (Lipinski definition) is 2. The van der Waals surface area contributed by atoms with Crippen molar-refractivity contribution in [3.63, 3.8) is 0 Å². The summed E-state index contributed by atoms with van der Waals surface area (Å²) in [6, 6.07) is 21.1. The number of hydrogen-bond acceptors (Lipinski definition) is 3. The Morgan fingerprint density at radius 2 is 1.55 bits per heavy atom. The molecule has 0 aliphatic heterocycles. The third kappa shape index (κ3) is 6.14. The highest BCUT2D eigenvalue weighted by molar-refractivity contribution is 9.10. The normalized spacial score (nSPS) is 12.3. The molecule has 0 aromatic heterocycles. The molecule has 0 saturated heterocycles. The lowest BCUT2D eigenvalue weighted by Gasteiger charge is -2.19. The van der Waals surface area contributed by atoms with E-state index in [2.05, 4.69) is 26.0 Å². The number of halogens is 2. The molecular weight excluding hydrogens is 476 g/mol.